The van der Waals surface area contributed by atoms with Gasteiger partial charge in [-0.05, 0) is 49.9 Å². The first-order chi connectivity index (χ1) is 16.8. The highest BCUT2D eigenvalue weighted by atomic mass is 19.4. The first-order valence-corrected chi connectivity index (χ1v) is 11.8. The summed E-state index contributed by atoms with van der Waals surface area (Å²) >= 11 is 0. The summed E-state index contributed by atoms with van der Waals surface area (Å²) in [5.74, 6) is 0.280. The minimum atomic E-state index is -4.46. The lowest BCUT2D eigenvalue weighted by atomic mass is 10.1. The standard InChI is InChI=1S/C25H29F3N6O/c26-25(27,28)19-7-5-6-18(16-19)22-11-10-21(29)23(32-22)34(20-8-1-2-9-20)24(35)31-12-3-4-14-33-15-13-30-17-33/h5-7,10-11,13,15-17,20H,1-4,8-9,12,14,29H2,(H,31,35). The van der Waals surface area contributed by atoms with Gasteiger partial charge in [-0.25, -0.2) is 14.8 Å². The van der Waals surface area contributed by atoms with Crippen LogP contribution in [-0.2, 0) is 12.7 Å². The summed E-state index contributed by atoms with van der Waals surface area (Å²) in [5.41, 5.74) is 6.43. The van der Waals surface area contributed by atoms with Gasteiger partial charge in [-0.3, -0.25) is 4.90 Å². The Balaban J connectivity index is 1.52. The third kappa shape index (κ3) is 6.12. The monoisotopic (exact) mass is 486 g/mol. The van der Waals surface area contributed by atoms with E-state index in [1.807, 2.05) is 10.8 Å². The fourth-order valence-electron chi connectivity index (χ4n) is 4.38. The number of urea groups is 1. The van der Waals surface area contributed by atoms with Crippen LogP contribution in [0.5, 0.6) is 0 Å². The number of benzene rings is 1. The van der Waals surface area contributed by atoms with Crippen LogP contribution in [0.4, 0.5) is 29.5 Å². The summed E-state index contributed by atoms with van der Waals surface area (Å²) in [6.45, 7) is 1.31. The van der Waals surface area contributed by atoms with Crippen LogP contribution >= 0.6 is 0 Å². The van der Waals surface area contributed by atoms with Crippen molar-refractivity contribution < 1.29 is 18.0 Å². The molecule has 7 nitrogen and oxygen atoms in total. The highest BCUT2D eigenvalue weighted by Gasteiger charge is 2.32. The third-order valence-electron chi connectivity index (χ3n) is 6.21. The van der Waals surface area contributed by atoms with Gasteiger partial charge in [0.05, 0.1) is 23.3 Å². The van der Waals surface area contributed by atoms with Gasteiger partial charge < -0.3 is 15.6 Å². The first-order valence-electron chi connectivity index (χ1n) is 11.8. The van der Waals surface area contributed by atoms with Crippen LogP contribution < -0.4 is 16.0 Å². The van der Waals surface area contributed by atoms with E-state index in [1.54, 1.807) is 35.6 Å². The van der Waals surface area contributed by atoms with Crippen LogP contribution in [-0.4, -0.2) is 33.2 Å². The van der Waals surface area contributed by atoms with Gasteiger partial charge in [-0.15, -0.1) is 0 Å². The Hall–Kier alpha value is -3.56. The van der Waals surface area contributed by atoms with Crippen molar-refractivity contribution in [2.75, 3.05) is 17.2 Å². The molecule has 0 spiro atoms. The number of halogens is 3. The second-order valence-electron chi connectivity index (χ2n) is 8.74. The zero-order valence-electron chi connectivity index (χ0n) is 19.3. The van der Waals surface area contributed by atoms with Crippen molar-refractivity contribution in [3.8, 4) is 11.3 Å². The topological polar surface area (TPSA) is 89.1 Å². The number of nitrogens with zero attached hydrogens (tertiary/aromatic N) is 4. The van der Waals surface area contributed by atoms with Crippen LogP contribution in [0.2, 0.25) is 0 Å². The van der Waals surface area contributed by atoms with Crippen molar-refractivity contribution in [3.63, 3.8) is 0 Å². The molecule has 1 saturated carbocycles. The lowest BCUT2D eigenvalue weighted by Gasteiger charge is -2.29. The molecule has 1 aromatic carbocycles. The quantitative estimate of drug-likeness (QED) is 0.413. The van der Waals surface area contributed by atoms with Gasteiger partial charge in [0.25, 0.3) is 0 Å². The Morgan fingerprint density at radius 3 is 2.69 bits per heavy atom. The van der Waals surface area contributed by atoms with Gasteiger partial charge in [-0.1, -0.05) is 25.0 Å². The van der Waals surface area contributed by atoms with Gasteiger partial charge in [0.1, 0.15) is 0 Å². The minimum Gasteiger partial charge on any atom is -0.396 e. The number of pyridine rings is 1. The molecule has 3 N–H and O–H groups in total. The molecule has 2 aromatic heterocycles. The Bertz CT molecular complexity index is 1130. The molecule has 1 aliphatic rings. The summed E-state index contributed by atoms with van der Waals surface area (Å²) in [6, 6.07) is 7.81. The number of hydrogen-bond donors (Lipinski definition) is 2. The summed E-state index contributed by atoms with van der Waals surface area (Å²) in [4.78, 5) is 23.4. The lowest BCUT2D eigenvalue weighted by molar-refractivity contribution is -0.137. The molecule has 35 heavy (non-hydrogen) atoms. The number of aryl methyl sites for hydroxylation is 1. The van der Waals surface area contributed by atoms with E-state index in [2.05, 4.69) is 15.3 Å². The SMILES string of the molecule is Nc1ccc(-c2cccc(C(F)(F)F)c2)nc1N(C(=O)NCCCCn1ccnc1)C1CCCC1. The molecule has 0 atom stereocenters. The molecule has 0 radical (unpaired) electrons. The Morgan fingerprint density at radius 1 is 1.17 bits per heavy atom. The van der Waals surface area contributed by atoms with Crippen molar-refractivity contribution in [1.29, 1.82) is 0 Å². The highest BCUT2D eigenvalue weighted by molar-refractivity contribution is 5.95. The fourth-order valence-corrected chi connectivity index (χ4v) is 4.38. The number of nitrogens with two attached hydrogens (primary N) is 1. The molecular formula is C25H29F3N6O. The zero-order valence-corrected chi connectivity index (χ0v) is 19.3. The van der Waals surface area contributed by atoms with E-state index in [1.165, 1.54) is 6.07 Å². The molecule has 3 aromatic rings. The zero-order chi connectivity index (χ0) is 24.8. The van der Waals surface area contributed by atoms with Crippen molar-refractivity contribution >= 4 is 17.5 Å². The number of unbranched alkanes of at least 4 members (excludes halogenated alkanes) is 1. The molecular weight excluding hydrogens is 457 g/mol. The van der Waals surface area contributed by atoms with Crippen molar-refractivity contribution in [2.24, 2.45) is 0 Å². The molecule has 2 amide bonds. The number of aromatic nitrogens is 3. The van der Waals surface area contributed by atoms with Crippen LogP contribution in [0, 0.1) is 0 Å². The number of nitrogen functional groups attached to an aromatic ring is 1. The third-order valence-corrected chi connectivity index (χ3v) is 6.21. The van der Waals surface area contributed by atoms with E-state index in [-0.39, 0.29) is 17.9 Å². The van der Waals surface area contributed by atoms with Crippen LogP contribution in [0.3, 0.4) is 0 Å². The van der Waals surface area contributed by atoms with Gasteiger partial charge in [0.15, 0.2) is 5.82 Å². The molecule has 0 saturated heterocycles. The van der Waals surface area contributed by atoms with E-state index < -0.39 is 11.7 Å². The summed E-state index contributed by atoms with van der Waals surface area (Å²) in [7, 11) is 0. The number of imidazole rings is 1. The number of rotatable bonds is 8. The van der Waals surface area contributed by atoms with Gasteiger partial charge in [0.2, 0.25) is 0 Å². The van der Waals surface area contributed by atoms with Crippen molar-refractivity contribution in [1.82, 2.24) is 19.9 Å². The van der Waals surface area contributed by atoms with Gasteiger partial charge in [0, 0.05) is 37.1 Å². The maximum absolute atomic E-state index is 13.3. The number of alkyl halides is 3. The smallest absolute Gasteiger partial charge is 0.396 e. The first kappa shape index (κ1) is 24.6. The molecule has 4 rings (SSSR count). The maximum Gasteiger partial charge on any atom is 0.416 e. The number of amides is 2. The fraction of sp³-hybridized carbons (Fsp3) is 0.400. The number of carbonyl (C=O) groups is 1. The Morgan fingerprint density at radius 2 is 1.97 bits per heavy atom. The van der Waals surface area contributed by atoms with Gasteiger partial charge in [-0.2, -0.15) is 13.2 Å². The largest absolute Gasteiger partial charge is 0.416 e. The second-order valence-corrected chi connectivity index (χ2v) is 8.74. The average Bonchev–Trinajstić information content (AvgIpc) is 3.55. The average molecular weight is 487 g/mol. The Labute approximate surface area is 202 Å². The van der Waals surface area contributed by atoms with Gasteiger partial charge >= 0.3 is 12.2 Å². The number of nitrogens with one attached hydrogen (secondary N) is 1. The number of hydrogen-bond acceptors (Lipinski definition) is 4. The van der Waals surface area contributed by atoms with Crippen molar-refractivity contribution in [3.05, 3.63) is 60.7 Å². The molecule has 186 valence electrons. The van der Waals surface area contributed by atoms with E-state index in [0.29, 0.717) is 23.5 Å². The Kier molecular flexibility index (Phi) is 7.57. The summed E-state index contributed by atoms with van der Waals surface area (Å²) in [5, 5.41) is 2.97. The lowest BCUT2D eigenvalue weighted by Crippen LogP contribution is -2.46. The second kappa shape index (κ2) is 10.8. The van der Waals surface area contributed by atoms with E-state index in [0.717, 1.165) is 57.2 Å². The highest BCUT2D eigenvalue weighted by Crippen LogP contribution is 2.35. The molecule has 1 fully saturated rings. The normalized spacial score (nSPS) is 14.3. The minimum absolute atomic E-state index is 0.0625. The van der Waals surface area contributed by atoms with E-state index >= 15 is 0 Å². The van der Waals surface area contributed by atoms with E-state index in [4.69, 9.17) is 5.73 Å². The molecule has 0 unspecified atom stereocenters. The summed E-state index contributed by atoms with van der Waals surface area (Å²) < 4.78 is 41.6. The molecule has 0 bridgehead atoms. The maximum atomic E-state index is 13.3. The molecule has 10 heteroatoms. The van der Waals surface area contributed by atoms with E-state index in [9.17, 15) is 18.0 Å². The van der Waals surface area contributed by atoms with Crippen LogP contribution in [0.25, 0.3) is 11.3 Å². The molecule has 1 aliphatic carbocycles. The van der Waals surface area contributed by atoms with Crippen molar-refractivity contribution in [2.45, 2.75) is 57.3 Å². The number of anilines is 2. The number of carbonyl (C=O) groups excluding carboxylic acids is 1. The predicted octanol–water partition coefficient (Wildman–Crippen LogP) is 5.49. The summed E-state index contributed by atoms with van der Waals surface area (Å²) in [6.07, 6.45) is 6.22. The molecule has 2 heterocycles. The van der Waals surface area contributed by atoms with Crippen LogP contribution in [0.1, 0.15) is 44.1 Å². The van der Waals surface area contributed by atoms with Crippen LogP contribution in [0.15, 0.2) is 55.1 Å². The predicted molar refractivity (Wildman–Crippen MR) is 129 cm³/mol. The molecule has 0 aliphatic heterocycles.